The number of phosphoric acid groups is 2. The standard InChI is InChI=1S/C16H24N2O13P2/c1-8-6-18(16(22)17-15(8)21)13-5-11(20)12(29-13)7-27-32(23,24)31-33(25,26)30-14-4-3-10(19)9(2)28-14/h6,9,11-14,20H,3-5,7H2,1-2H3,(H,23,24)(H,25,26)(H,17,21,22)/t9-,11+,12-,13-,14-/m1/s1. The SMILES string of the molecule is Cc1cn([C@H]2C[C@H](O)[C@@H](COP(=O)(O)OP(=O)(O)O[C@@H]3CCC(=O)[C@@H](C)O3)O2)c(=O)[nH]c1=O. The highest BCUT2D eigenvalue weighted by Gasteiger charge is 2.42. The zero-order chi connectivity index (χ0) is 24.6. The lowest BCUT2D eigenvalue weighted by Crippen LogP contribution is -2.34. The maximum absolute atomic E-state index is 12.1. The Morgan fingerprint density at radius 1 is 1.21 bits per heavy atom. The Hall–Kier alpha value is -1.51. The maximum Gasteiger partial charge on any atom is 0.483 e. The van der Waals surface area contributed by atoms with Gasteiger partial charge in [0.25, 0.3) is 5.56 Å². The first-order chi connectivity index (χ1) is 15.3. The summed E-state index contributed by atoms with van der Waals surface area (Å²) < 4.78 is 49.3. The minimum Gasteiger partial charge on any atom is -0.390 e. The normalized spacial score (nSPS) is 31.8. The number of carbonyl (C=O) groups is 1. The summed E-state index contributed by atoms with van der Waals surface area (Å²) in [6.07, 6.45) is -4.53. The fourth-order valence-corrected chi connectivity index (χ4v) is 5.41. The van der Waals surface area contributed by atoms with Crippen LogP contribution in [0.1, 0.15) is 38.0 Å². The molecule has 2 aliphatic heterocycles. The molecule has 2 aliphatic rings. The highest BCUT2D eigenvalue weighted by Crippen LogP contribution is 2.61. The Morgan fingerprint density at radius 3 is 2.58 bits per heavy atom. The average molecular weight is 514 g/mol. The number of H-pyrrole nitrogens is 1. The molecule has 0 amide bonds. The predicted molar refractivity (Wildman–Crippen MR) is 107 cm³/mol. The summed E-state index contributed by atoms with van der Waals surface area (Å²) in [5.41, 5.74) is -1.14. The largest absolute Gasteiger partial charge is 0.483 e. The molecule has 4 N–H and O–H groups in total. The van der Waals surface area contributed by atoms with Gasteiger partial charge in [-0.1, -0.05) is 0 Å². The molecule has 1 aromatic heterocycles. The minimum atomic E-state index is -5.17. The number of ether oxygens (including phenoxy) is 2. The van der Waals surface area contributed by atoms with E-state index in [1.54, 1.807) is 0 Å². The van der Waals surface area contributed by atoms with Crippen LogP contribution in [0.4, 0.5) is 0 Å². The molecule has 186 valence electrons. The van der Waals surface area contributed by atoms with Crippen molar-refractivity contribution < 1.29 is 51.6 Å². The number of aliphatic hydroxyl groups excluding tert-OH is 1. The van der Waals surface area contributed by atoms with Crippen molar-refractivity contribution >= 4 is 21.4 Å². The van der Waals surface area contributed by atoms with E-state index in [2.05, 4.69) is 18.3 Å². The van der Waals surface area contributed by atoms with Gasteiger partial charge < -0.3 is 24.4 Å². The monoisotopic (exact) mass is 514 g/mol. The Kier molecular flexibility index (Phi) is 7.91. The second kappa shape index (κ2) is 10.0. The lowest BCUT2D eigenvalue weighted by atomic mass is 10.1. The number of aryl methyl sites for hydroxylation is 1. The summed E-state index contributed by atoms with van der Waals surface area (Å²) in [6.45, 7) is 2.14. The van der Waals surface area contributed by atoms with E-state index in [9.17, 15) is 38.4 Å². The molecular weight excluding hydrogens is 490 g/mol. The number of nitrogens with zero attached hydrogens (tertiary/aromatic N) is 1. The third-order valence-electron chi connectivity index (χ3n) is 4.96. The van der Waals surface area contributed by atoms with Crippen molar-refractivity contribution in [3.05, 3.63) is 32.6 Å². The number of nitrogens with one attached hydrogen (secondary N) is 1. The molecule has 0 radical (unpaired) electrons. The lowest BCUT2D eigenvalue weighted by molar-refractivity contribution is -0.168. The van der Waals surface area contributed by atoms with Crippen LogP contribution in [-0.4, -0.2) is 61.4 Å². The molecule has 17 heteroatoms. The van der Waals surface area contributed by atoms with E-state index in [0.717, 1.165) is 4.57 Å². The van der Waals surface area contributed by atoms with Crippen LogP contribution in [0.5, 0.6) is 0 Å². The molecule has 3 heterocycles. The molecule has 7 atom stereocenters. The molecular formula is C16H24N2O13P2. The number of hydrogen-bond acceptors (Lipinski definition) is 11. The number of aliphatic hydroxyl groups is 1. The average Bonchev–Trinajstić information content (AvgIpc) is 3.05. The van der Waals surface area contributed by atoms with Gasteiger partial charge in [-0.05, 0) is 13.8 Å². The summed E-state index contributed by atoms with van der Waals surface area (Å²) >= 11 is 0. The van der Waals surface area contributed by atoms with Crippen LogP contribution in [0, 0.1) is 6.92 Å². The first kappa shape index (κ1) is 26.1. The van der Waals surface area contributed by atoms with Crippen molar-refractivity contribution in [2.75, 3.05) is 6.61 Å². The lowest BCUT2D eigenvalue weighted by Gasteiger charge is -2.28. The van der Waals surface area contributed by atoms with Gasteiger partial charge in [-0.3, -0.25) is 28.2 Å². The summed E-state index contributed by atoms with van der Waals surface area (Å²) in [7, 11) is -10.3. The van der Waals surface area contributed by atoms with Crippen LogP contribution in [0.15, 0.2) is 15.8 Å². The number of rotatable bonds is 8. The van der Waals surface area contributed by atoms with E-state index in [-0.39, 0.29) is 30.6 Å². The summed E-state index contributed by atoms with van der Waals surface area (Å²) in [5.74, 6) is -0.229. The predicted octanol–water partition coefficient (Wildman–Crippen LogP) is -0.162. The fourth-order valence-electron chi connectivity index (χ4n) is 3.24. The van der Waals surface area contributed by atoms with Gasteiger partial charge in [0.1, 0.15) is 18.4 Å². The number of aromatic amines is 1. The minimum absolute atomic E-state index is 0.0229. The Labute approximate surface area is 186 Å². The Morgan fingerprint density at radius 2 is 1.91 bits per heavy atom. The maximum atomic E-state index is 12.1. The highest BCUT2D eigenvalue weighted by molar-refractivity contribution is 7.61. The van der Waals surface area contributed by atoms with Crippen LogP contribution in [0.2, 0.25) is 0 Å². The molecule has 0 aromatic carbocycles. The molecule has 33 heavy (non-hydrogen) atoms. The second-order valence-corrected chi connectivity index (χ2v) is 10.5. The van der Waals surface area contributed by atoms with Crippen LogP contribution in [-0.2, 0) is 36.8 Å². The van der Waals surface area contributed by atoms with Crippen molar-refractivity contribution in [3.63, 3.8) is 0 Å². The van der Waals surface area contributed by atoms with Crippen LogP contribution < -0.4 is 11.2 Å². The number of hydrogen-bond donors (Lipinski definition) is 4. The number of Topliss-reactive ketones (excluding diaryl/α,β-unsaturated/α-hetero) is 1. The van der Waals surface area contributed by atoms with Gasteiger partial charge in [0.15, 0.2) is 12.1 Å². The third kappa shape index (κ3) is 6.76. The van der Waals surface area contributed by atoms with Crippen molar-refractivity contribution in [2.45, 2.75) is 63.9 Å². The number of aromatic nitrogens is 2. The van der Waals surface area contributed by atoms with Gasteiger partial charge in [-0.15, -0.1) is 0 Å². The van der Waals surface area contributed by atoms with Crippen molar-refractivity contribution in [1.82, 2.24) is 9.55 Å². The summed E-state index contributed by atoms with van der Waals surface area (Å²) in [4.78, 5) is 56.5. The molecule has 0 saturated carbocycles. The molecule has 0 aliphatic carbocycles. The smallest absolute Gasteiger partial charge is 0.390 e. The van der Waals surface area contributed by atoms with E-state index in [1.807, 2.05) is 0 Å². The van der Waals surface area contributed by atoms with E-state index in [1.165, 1.54) is 20.0 Å². The fraction of sp³-hybridized carbons (Fsp3) is 0.688. The Balaban J connectivity index is 1.56. The van der Waals surface area contributed by atoms with Gasteiger partial charge in [-0.25, -0.2) is 13.9 Å². The van der Waals surface area contributed by atoms with E-state index in [0.29, 0.717) is 0 Å². The zero-order valence-corrected chi connectivity index (χ0v) is 19.3. The van der Waals surface area contributed by atoms with Crippen molar-refractivity contribution in [1.29, 1.82) is 0 Å². The zero-order valence-electron chi connectivity index (χ0n) is 17.6. The molecule has 15 nitrogen and oxygen atoms in total. The van der Waals surface area contributed by atoms with Gasteiger partial charge in [0.2, 0.25) is 0 Å². The summed E-state index contributed by atoms with van der Waals surface area (Å²) in [6, 6.07) is 0. The quantitative estimate of drug-likeness (QED) is 0.332. The van der Waals surface area contributed by atoms with E-state index >= 15 is 0 Å². The van der Waals surface area contributed by atoms with Crippen LogP contribution in [0.25, 0.3) is 0 Å². The molecule has 2 fully saturated rings. The number of ketones is 1. The molecule has 0 bridgehead atoms. The number of phosphoric ester groups is 2. The van der Waals surface area contributed by atoms with Gasteiger partial charge in [0, 0.05) is 31.0 Å². The highest BCUT2D eigenvalue weighted by atomic mass is 31.3. The van der Waals surface area contributed by atoms with Crippen LogP contribution >= 0.6 is 15.6 Å². The van der Waals surface area contributed by atoms with Crippen molar-refractivity contribution in [2.24, 2.45) is 0 Å². The molecule has 1 aromatic rings. The first-order valence-corrected chi connectivity index (χ1v) is 12.8. The second-order valence-electron chi connectivity index (χ2n) is 7.54. The molecule has 0 spiro atoms. The molecule has 2 saturated heterocycles. The van der Waals surface area contributed by atoms with Gasteiger partial charge in [-0.2, -0.15) is 4.31 Å². The topological polar surface area (TPSA) is 213 Å². The first-order valence-electron chi connectivity index (χ1n) is 9.80. The Bertz CT molecular complexity index is 1100. The van der Waals surface area contributed by atoms with E-state index < -0.39 is 64.3 Å². The number of carbonyl (C=O) groups excluding carboxylic acids is 1. The summed E-state index contributed by atoms with van der Waals surface area (Å²) in [5, 5.41) is 10.2. The molecule has 3 rings (SSSR count). The third-order valence-corrected chi connectivity index (χ3v) is 7.58. The van der Waals surface area contributed by atoms with E-state index in [4.69, 9.17) is 9.47 Å². The van der Waals surface area contributed by atoms with Gasteiger partial charge in [0.05, 0.1) is 12.7 Å². The van der Waals surface area contributed by atoms with Crippen molar-refractivity contribution in [3.8, 4) is 0 Å². The molecule has 2 unspecified atom stereocenters. The van der Waals surface area contributed by atoms with Gasteiger partial charge >= 0.3 is 21.3 Å². The van der Waals surface area contributed by atoms with Crippen LogP contribution in [0.3, 0.4) is 0 Å².